The van der Waals surface area contributed by atoms with Gasteiger partial charge in [0.15, 0.2) is 5.76 Å². The van der Waals surface area contributed by atoms with Crippen molar-refractivity contribution in [2.24, 2.45) is 0 Å². The Balaban J connectivity index is 2.78. The summed E-state index contributed by atoms with van der Waals surface area (Å²) < 4.78 is 30.2. The van der Waals surface area contributed by atoms with Crippen LogP contribution in [-0.4, -0.2) is 50.3 Å². The predicted octanol–water partition coefficient (Wildman–Crippen LogP) is 0.433. The van der Waals surface area contributed by atoms with Crippen LogP contribution in [0.15, 0.2) is 15.4 Å². The first-order valence-electron chi connectivity index (χ1n) is 6.19. The van der Waals surface area contributed by atoms with Crippen molar-refractivity contribution in [2.75, 3.05) is 20.6 Å². The van der Waals surface area contributed by atoms with Crippen LogP contribution in [-0.2, 0) is 14.8 Å². The predicted molar refractivity (Wildman–Crippen MR) is 73.5 cm³/mol. The average molecular weight is 318 g/mol. The van der Waals surface area contributed by atoms with Crippen molar-refractivity contribution in [3.8, 4) is 0 Å². The van der Waals surface area contributed by atoms with E-state index in [4.69, 9.17) is 9.52 Å². The van der Waals surface area contributed by atoms with Gasteiger partial charge in [-0.15, -0.1) is 0 Å². The summed E-state index contributed by atoms with van der Waals surface area (Å²) in [6.07, 6.45) is 0.224. The van der Waals surface area contributed by atoms with Gasteiger partial charge in [0, 0.05) is 33.1 Å². The van der Waals surface area contributed by atoms with Crippen molar-refractivity contribution in [1.82, 2.24) is 9.62 Å². The van der Waals surface area contributed by atoms with E-state index in [0.29, 0.717) is 0 Å². The SMILES string of the molecule is Cc1oc(C(=O)NCCCC(=O)O)cc1S(=O)(=O)N(C)C. The second-order valence-electron chi connectivity index (χ2n) is 4.57. The molecule has 0 fully saturated rings. The number of nitrogens with one attached hydrogen (secondary N) is 1. The van der Waals surface area contributed by atoms with Crippen molar-refractivity contribution < 1.29 is 27.5 Å². The normalized spacial score (nSPS) is 11.6. The Labute approximate surface area is 122 Å². The van der Waals surface area contributed by atoms with Crippen molar-refractivity contribution in [2.45, 2.75) is 24.7 Å². The lowest BCUT2D eigenvalue weighted by atomic mass is 10.3. The molecule has 0 radical (unpaired) electrons. The number of aliphatic carboxylic acids is 1. The fourth-order valence-corrected chi connectivity index (χ4v) is 2.61. The van der Waals surface area contributed by atoms with Gasteiger partial charge < -0.3 is 14.8 Å². The Morgan fingerprint density at radius 1 is 1.38 bits per heavy atom. The van der Waals surface area contributed by atoms with Gasteiger partial charge in [0.25, 0.3) is 5.91 Å². The largest absolute Gasteiger partial charge is 0.481 e. The summed E-state index contributed by atoms with van der Waals surface area (Å²) in [6.45, 7) is 1.62. The first-order valence-corrected chi connectivity index (χ1v) is 7.63. The third kappa shape index (κ3) is 4.30. The van der Waals surface area contributed by atoms with E-state index in [-0.39, 0.29) is 35.8 Å². The van der Waals surface area contributed by atoms with E-state index in [2.05, 4.69) is 5.32 Å². The molecule has 118 valence electrons. The van der Waals surface area contributed by atoms with Gasteiger partial charge in [-0.1, -0.05) is 0 Å². The Morgan fingerprint density at radius 2 is 2.00 bits per heavy atom. The van der Waals surface area contributed by atoms with Crippen LogP contribution in [0.4, 0.5) is 0 Å². The van der Waals surface area contributed by atoms with Gasteiger partial charge in [0.1, 0.15) is 10.7 Å². The van der Waals surface area contributed by atoms with Crippen molar-refractivity contribution in [3.63, 3.8) is 0 Å². The number of carbonyl (C=O) groups is 2. The van der Waals surface area contributed by atoms with Crippen molar-refractivity contribution in [1.29, 1.82) is 0 Å². The summed E-state index contributed by atoms with van der Waals surface area (Å²) in [5.41, 5.74) is 0. The van der Waals surface area contributed by atoms with Crippen molar-refractivity contribution >= 4 is 21.9 Å². The van der Waals surface area contributed by atoms with Gasteiger partial charge in [0.2, 0.25) is 10.0 Å². The molecule has 9 heteroatoms. The van der Waals surface area contributed by atoms with E-state index in [9.17, 15) is 18.0 Å². The number of amides is 1. The lowest BCUT2D eigenvalue weighted by Crippen LogP contribution is -2.24. The number of carboxylic acid groups (broad SMARTS) is 1. The monoisotopic (exact) mass is 318 g/mol. The Hall–Kier alpha value is -1.87. The molecule has 1 rings (SSSR count). The molecule has 0 atom stereocenters. The molecule has 0 spiro atoms. The standard InChI is InChI=1S/C12H18N2O6S/c1-8-10(21(18,19)14(2)3)7-9(20-8)12(17)13-6-4-5-11(15)16/h7H,4-6H2,1-3H3,(H,13,17)(H,15,16). The molecule has 1 heterocycles. The maximum absolute atomic E-state index is 12.0. The molecule has 1 amide bonds. The molecule has 0 aliphatic carbocycles. The Morgan fingerprint density at radius 3 is 2.52 bits per heavy atom. The number of sulfonamides is 1. The third-order valence-electron chi connectivity index (χ3n) is 2.71. The zero-order chi connectivity index (χ0) is 16.2. The van der Waals surface area contributed by atoms with Crippen LogP contribution in [0, 0.1) is 6.92 Å². The second kappa shape index (κ2) is 6.72. The van der Waals surface area contributed by atoms with Crippen LogP contribution in [0.3, 0.4) is 0 Å². The zero-order valence-corrected chi connectivity index (χ0v) is 12.9. The molecule has 8 nitrogen and oxygen atoms in total. The third-order valence-corrected chi connectivity index (χ3v) is 4.63. The van der Waals surface area contributed by atoms with E-state index >= 15 is 0 Å². The van der Waals surface area contributed by atoms with Gasteiger partial charge in [-0.25, -0.2) is 12.7 Å². The first kappa shape index (κ1) is 17.2. The maximum atomic E-state index is 12.0. The summed E-state index contributed by atoms with van der Waals surface area (Å²) >= 11 is 0. The summed E-state index contributed by atoms with van der Waals surface area (Å²) in [5, 5.41) is 10.9. The number of aryl methyl sites for hydroxylation is 1. The highest BCUT2D eigenvalue weighted by atomic mass is 32.2. The molecule has 1 aromatic rings. The summed E-state index contributed by atoms with van der Waals surface area (Å²) in [5.74, 6) is -1.52. The van der Waals surface area contributed by atoms with E-state index in [0.717, 1.165) is 10.4 Å². The molecule has 0 aromatic carbocycles. The number of nitrogens with zero attached hydrogens (tertiary/aromatic N) is 1. The Bertz CT molecular complexity index is 632. The van der Waals surface area contributed by atoms with Crippen LogP contribution in [0.1, 0.15) is 29.2 Å². The highest BCUT2D eigenvalue weighted by molar-refractivity contribution is 7.89. The highest BCUT2D eigenvalue weighted by Gasteiger charge is 2.25. The van der Waals surface area contributed by atoms with Crippen LogP contribution in [0.2, 0.25) is 0 Å². The minimum absolute atomic E-state index is 0.0578. The summed E-state index contributed by atoms with van der Waals surface area (Å²) in [7, 11) is -0.910. The van der Waals surface area contributed by atoms with Gasteiger partial charge in [0.05, 0.1) is 0 Å². The summed E-state index contributed by atoms with van der Waals surface area (Å²) in [4.78, 5) is 22.1. The van der Waals surface area contributed by atoms with Crippen LogP contribution < -0.4 is 5.32 Å². The topological polar surface area (TPSA) is 117 Å². The molecular formula is C12H18N2O6S. The van der Waals surface area contributed by atoms with Gasteiger partial charge in [-0.3, -0.25) is 9.59 Å². The lowest BCUT2D eigenvalue weighted by molar-refractivity contribution is -0.137. The molecule has 2 N–H and O–H groups in total. The fraction of sp³-hybridized carbons (Fsp3) is 0.500. The maximum Gasteiger partial charge on any atom is 0.303 e. The molecule has 0 aliphatic heterocycles. The molecule has 1 aromatic heterocycles. The van der Waals surface area contributed by atoms with Gasteiger partial charge in [-0.2, -0.15) is 0 Å². The minimum atomic E-state index is -3.67. The summed E-state index contributed by atoms with van der Waals surface area (Å²) in [6, 6.07) is 1.16. The Kier molecular flexibility index (Phi) is 5.50. The van der Waals surface area contributed by atoms with Gasteiger partial charge in [-0.05, 0) is 13.3 Å². The second-order valence-corrected chi connectivity index (χ2v) is 6.69. The van der Waals surface area contributed by atoms with E-state index in [1.807, 2.05) is 0 Å². The molecule has 0 saturated heterocycles. The number of rotatable bonds is 7. The van der Waals surface area contributed by atoms with Crippen LogP contribution in [0.5, 0.6) is 0 Å². The lowest BCUT2D eigenvalue weighted by Gasteiger charge is -2.09. The number of carbonyl (C=O) groups excluding carboxylic acids is 1. The molecule has 21 heavy (non-hydrogen) atoms. The number of carboxylic acids is 1. The van der Waals surface area contributed by atoms with Crippen molar-refractivity contribution in [3.05, 3.63) is 17.6 Å². The smallest absolute Gasteiger partial charge is 0.303 e. The molecule has 0 bridgehead atoms. The quantitative estimate of drug-likeness (QED) is 0.704. The number of furan rings is 1. The minimum Gasteiger partial charge on any atom is -0.481 e. The highest BCUT2D eigenvalue weighted by Crippen LogP contribution is 2.22. The van der Waals surface area contributed by atoms with Gasteiger partial charge >= 0.3 is 5.97 Å². The molecule has 0 unspecified atom stereocenters. The van der Waals surface area contributed by atoms with Crippen LogP contribution >= 0.6 is 0 Å². The number of hydrogen-bond acceptors (Lipinski definition) is 5. The van der Waals surface area contributed by atoms with Crippen LogP contribution in [0.25, 0.3) is 0 Å². The number of hydrogen-bond donors (Lipinski definition) is 2. The molecule has 0 aliphatic rings. The zero-order valence-electron chi connectivity index (χ0n) is 12.0. The van der Waals surface area contributed by atoms with E-state index in [1.54, 1.807) is 0 Å². The van der Waals surface area contributed by atoms with E-state index < -0.39 is 21.9 Å². The average Bonchev–Trinajstić information content (AvgIpc) is 2.76. The molecular weight excluding hydrogens is 300 g/mol. The molecule has 0 saturated carbocycles. The first-order chi connectivity index (χ1) is 9.66. The fourth-order valence-electron chi connectivity index (χ4n) is 1.56. The van der Waals surface area contributed by atoms with E-state index in [1.165, 1.54) is 21.0 Å².